The Morgan fingerprint density at radius 1 is 1.35 bits per heavy atom. The molecule has 0 saturated heterocycles. The van der Waals surface area contributed by atoms with Crippen LogP contribution in [-0.2, 0) is 16.1 Å². The van der Waals surface area contributed by atoms with Crippen molar-refractivity contribution in [2.75, 3.05) is 25.5 Å². The molecule has 0 aliphatic carbocycles. The summed E-state index contributed by atoms with van der Waals surface area (Å²) in [6, 6.07) is 10.1. The van der Waals surface area contributed by atoms with E-state index in [0.29, 0.717) is 30.1 Å². The van der Waals surface area contributed by atoms with Crippen LogP contribution in [-0.4, -0.2) is 42.2 Å². The summed E-state index contributed by atoms with van der Waals surface area (Å²) in [5.41, 5.74) is 1.56. The topological polar surface area (TPSA) is 41.9 Å². The van der Waals surface area contributed by atoms with Gasteiger partial charge in [-0.2, -0.15) is 0 Å². The van der Waals surface area contributed by atoms with Gasteiger partial charge in [0.05, 0.1) is 13.2 Å². The van der Waals surface area contributed by atoms with Gasteiger partial charge in [0.25, 0.3) is 5.91 Å². The molecule has 1 aromatic rings. The third kappa shape index (κ3) is 7.57. The normalized spacial score (nSPS) is 12.1. The minimum atomic E-state index is -0.207. The molecule has 0 heterocycles. The Bertz CT molecular complexity index is 527. The van der Waals surface area contributed by atoms with Crippen molar-refractivity contribution in [3.8, 4) is 0 Å². The summed E-state index contributed by atoms with van der Waals surface area (Å²) >= 11 is 3.31. The van der Waals surface area contributed by atoms with E-state index in [0.717, 1.165) is 6.42 Å². The minimum Gasteiger partial charge on any atom is -0.283 e. The summed E-state index contributed by atoms with van der Waals surface area (Å²) in [6.07, 6.45) is 4.30. The molecule has 0 aliphatic heterocycles. The fourth-order valence-corrected chi connectivity index (χ4v) is 2.05. The number of rotatable bonds is 9. The zero-order valence-electron chi connectivity index (χ0n) is 14.0. The van der Waals surface area contributed by atoms with Gasteiger partial charge in [-0.15, -0.1) is 0 Å². The molecule has 23 heavy (non-hydrogen) atoms. The van der Waals surface area contributed by atoms with Crippen LogP contribution in [0.25, 0.3) is 0 Å². The number of carbonyl (C=O) groups is 1. The van der Waals surface area contributed by atoms with E-state index in [-0.39, 0.29) is 5.91 Å². The van der Waals surface area contributed by atoms with Crippen molar-refractivity contribution >= 4 is 27.5 Å². The van der Waals surface area contributed by atoms with Crippen LogP contribution in [0.4, 0.5) is 0 Å². The smallest absolute Gasteiger partial charge is 0.283 e. The number of allylic oxidation sites excluding steroid dienone is 1. The van der Waals surface area contributed by atoms with Gasteiger partial charge in [0.1, 0.15) is 5.71 Å². The fourth-order valence-electron chi connectivity index (χ4n) is 1.86. The molecule has 0 aliphatic rings. The monoisotopic (exact) mass is 380 g/mol. The summed E-state index contributed by atoms with van der Waals surface area (Å²) in [5.74, 6) is 0.142. The number of benzene rings is 1. The molecular formula is C18H25BrN2O2. The third-order valence-corrected chi connectivity index (χ3v) is 3.44. The van der Waals surface area contributed by atoms with E-state index >= 15 is 0 Å². The second-order valence-corrected chi connectivity index (χ2v) is 6.15. The Morgan fingerprint density at radius 2 is 2.04 bits per heavy atom. The molecular weight excluding hydrogens is 356 g/mol. The first-order valence-corrected chi connectivity index (χ1v) is 8.88. The number of hydrogen-bond donors (Lipinski definition) is 0. The third-order valence-electron chi connectivity index (χ3n) is 3.06. The number of hydrogen-bond acceptors (Lipinski definition) is 3. The van der Waals surface area contributed by atoms with Gasteiger partial charge in [-0.1, -0.05) is 66.2 Å². The Hall–Kier alpha value is -1.46. The predicted molar refractivity (Wildman–Crippen MR) is 98.9 cm³/mol. The molecule has 0 unspecified atom stereocenters. The highest BCUT2D eigenvalue weighted by molar-refractivity contribution is 9.09. The van der Waals surface area contributed by atoms with Gasteiger partial charge in [0, 0.05) is 12.4 Å². The number of nitrogens with zero attached hydrogens (tertiary/aromatic N) is 2. The molecule has 0 saturated carbocycles. The number of aliphatic imine (C=N–C) groups is 1. The van der Waals surface area contributed by atoms with Crippen LogP contribution >= 0.6 is 15.9 Å². The molecule has 126 valence electrons. The first-order valence-electron chi connectivity index (χ1n) is 7.76. The van der Waals surface area contributed by atoms with Crippen LogP contribution in [0, 0.1) is 5.92 Å². The largest absolute Gasteiger partial charge is 0.295 e. The van der Waals surface area contributed by atoms with Crippen LogP contribution in [0.2, 0.25) is 0 Å². The van der Waals surface area contributed by atoms with Crippen molar-refractivity contribution in [2.45, 2.75) is 20.3 Å². The molecule has 1 amide bonds. The van der Waals surface area contributed by atoms with Gasteiger partial charge in [-0.3, -0.25) is 14.6 Å². The van der Waals surface area contributed by atoms with Crippen molar-refractivity contribution < 1.29 is 9.63 Å². The Balaban J connectivity index is 2.77. The Morgan fingerprint density at radius 3 is 2.61 bits per heavy atom. The predicted octanol–water partition coefficient (Wildman–Crippen LogP) is 3.67. The zero-order valence-corrected chi connectivity index (χ0v) is 15.6. The standard InChI is InChI=1S/C18H25BrN2O2/c1-15(2)14-23-21(13-11-16-8-5-4-6-9-16)18(22)17(20-3)10-7-12-19/h4-10,15H,11-14H2,1-3H3/b10-7-,20-17?. The maximum atomic E-state index is 12.6. The van der Waals surface area contributed by atoms with Crippen molar-refractivity contribution in [1.29, 1.82) is 0 Å². The summed E-state index contributed by atoms with van der Waals surface area (Å²) in [6.45, 7) is 5.11. The Labute approximate surface area is 147 Å². The second kappa shape index (κ2) is 11.1. The molecule has 0 radical (unpaired) electrons. The number of carbonyl (C=O) groups excluding carboxylic acids is 1. The van der Waals surface area contributed by atoms with E-state index in [1.54, 1.807) is 13.1 Å². The minimum absolute atomic E-state index is 0.207. The summed E-state index contributed by atoms with van der Waals surface area (Å²) in [7, 11) is 1.61. The molecule has 0 N–H and O–H groups in total. The number of halogens is 1. The lowest BCUT2D eigenvalue weighted by Crippen LogP contribution is -2.38. The van der Waals surface area contributed by atoms with Gasteiger partial charge in [0.15, 0.2) is 0 Å². The summed E-state index contributed by atoms with van der Waals surface area (Å²) in [5, 5.41) is 2.10. The molecule has 4 nitrogen and oxygen atoms in total. The fraction of sp³-hybridized carbons (Fsp3) is 0.444. The van der Waals surface area contributed by atoms with Crippen LogP contribution in [0.5, 0.6) is 0 Å². The quantitative estimate of drug-likeness (QED) is 0.372. The zero-order chi connectivity index (χ0) is 17.1. The first kappa shape index (κ1) is 19.6. The molecule has 0 atom stereocenters. The maximum Gasteiger partial charge on any atom is 0.295 e. The van der Waals surface area contributed by atoms with E-state index < -0.39 is 0 Å². The second-order valence-electron chi connectivity index (χ2n) is 5.50. The van der Waals surface area contributed by atoms with Gasteiger partial charge >= 0.3 is 0 Å². The molecule has 1 rings (SSSR count). The SMILES string of the molecule is CN=C(/C=C\CBr)C(=O)N(CCc1ccccc1)OCC(C)C. The van der Waals surface area contributed by atoms with Gasteiger partial charge in [-0.25, -0.2) is 5.06 Å². The molecule has 5 heteroatoms. The van der Waals surface area contributed by atoms with Gasteiger partial charge in [-0.05, 0) is 24.0 Å². The lowest BCUT2D eigenvalue weighted by Gasteiger charge is -2.23. The summed E-state index contributed by atoms with van der Waals surface area (Å²) in [4.78, 5) is 22.4. The highest BCUT2D eigenvalue weighted by Crippen LogP contribution is 2.06. The van der Waals surface area contributed by atoms with Crippen molar-refractivity contribution in [1.82, 2.24) is 5.06 Å². The van der Waals surface area contributed by atoms with Crippen LogP contribution in [0.3, 0.4) is 0 Å². The van der Waals surface area contributed by atoms with E-state index in [9.17, 15) is 4.79 Å². The van der Waals surface area contributed by atoms with Gasteiger partial charge < -0.3 is 0 Å². The highest BCUT2D eigenvalue weighted by atomic mass is 79.9. The first-order chi connectivity index (χ1) is 11.1. The lowest BCUT2D eigenvalue weighted by molar-refractivity contribution is -0.182. The van der Waals surface area contributed by atoms with Crippen molar-refractivity contribution in [2.24, 2.45) is 10.9 Å². The highest BCUT2D eigenvalue weighted by Gasteiger charge is 2.19. The lowest BCUT2D eigenvalue weighted by atomic mass is 10.1. The molecule has 0 bridgehead atoms. The molecule has 0 aromatic heterocycles. The molecule has 0 fully saturated rings. The van der Waals surface area contributed by atoms with Gasteiger partial charge in [0.2, 0.25) is 0 Å². The molecule has 0 spiro atoms. The number of hydroxylamine groups is 2. The van der Waals surface area contributed by atoms with E-state index in [1.807, 2.05) is 36.4 Å². The maximum absolute atomic E-state index is 12.6. The Kier molecular flexibility index (Phi) is 9.48. The number of alkyl halides is 1. The van der Waals surface area contributed by atoms with E-state index in [4.69, 9.17) is 4.84 Å². The average molecular weight is 381 g/mol. The van der Waals surface area contributed by atoms with Crippen LogP contribution < -0.4 is 0 Å². The van der Waals surface area contributed by atoms with Crippen LogP contribution in [0.15, 0.2) is 47.5 Å². The van der Waals surface area contributed by atoms with Crippen molar-refractivity contribution in [3.63, 3.8) is 0 Å². The van der Waals surface area contributed by atoms with E-state index in [2.05, 4.69) is 34.8 Å². The summed E-state index contributed by atoms with van der Waals surface area (Å²) < 4.78 is 0. The molecule has 1 aromatic carbocycles. The van der Waals surface area contributed by atoms with E-state index in [1.165, 1.54) is 10.6 Å². The van der Waals surface area contributed by atoms with Crippen LogP contribution in [0.1, 0.15) is 19.4 Å². The van der Waals surface area contributed by atoms with Crippen molar-refractivity contribution in [3.05, 3.63) is 48.0 Å². The average Bonchev–Trinajstić information content (AvgIpc) is 2.56. The number of amides is 1.